The maximum absolute atomic E-state index is 14.0. The number of aliphatic hydroxyl groups excluding tert-OH is 1. The SMILES string of the molecule is O=C(c1cc(F)ccc1F)N1CC(O)CC1c1cc(F)ccc1F. The zero-order valence-electron chi connectivity index (χ0n) is 12.3. The topological polar surface area (TPSA) is 40.5 Å². The Balaban J connectivity index is 2.00. The molecule has 2 aromatic carbocycles. The number of nitrogens with zero attached hydrogens (tertiary/aromatic N) is 1. The molecular formula is C17H13F4NO2. The highest BCUT2D eigenvalue weighted by molar-refractivity contribution is 5.95. The number of aliphatic hydroxyl groups is 1. The Kier molecular flexibility index (Phi) is 4.28. The highest BCUT2D eigenvalue weighted by Gasteiger charge is 2.38. The van der Waals surface area contributed by atoms with Crippen LogP contribution in [0.3, 0.4) is 0 Å². The normalized spacial score (nSPS) is 20.5. The molecule has 0 aromatic heterocycles. The number of amides is 1. The summed E-state index contributed by atoms with van der Waals surface area (Å²) in [6, 6.07) is 4.23. The third-order valence-electron chi connectivity index (χ3n) is 4.02. The number of hydrogen-bond donors (Lipinski definition) is 1. The molecule has 3 rings (SSSR count). The first kappa shape index (κ1) is 16.4. The summed E-state index contributed by atoms with van der Waals surface area (Å²) in [7, 11) is 0. The standard InChI is InChI=1S/C17H13F4NO2/c18-9-1-3-14(20)12(5-9)16-7-11(23)8-22(16)17(24)13-6-10(19)2-4-15(13)21/h1-6,11,16,23H,7-8H2. The van der Waals surface area contributed by atoms with Gasteiger partial charge >= 0.3 is 0 Å². The first-order chi connectivity index (χ1) is 11.4. The second-order valence-corrected chi connectivity index (χ2v) is 5.65. The third-order valence-corrected chi connectivity index (χ3v) is 4.02. The Morgan fingerprint density at radius 2 is 1.62 bits per heavy atom. The molecule has 1 aliphatic heterocycles. The number of hydrogen-bond acceptors (Lipinski definition) is 2. The number of β-amino-alcohol motifs (C(OH)–C–C–N with tert-alkyl or cyclic N) is 1. The van der Waals surface area contributed by atoms with E-state index in [1.165, 1.54) is 0 Å². The number of benzene rings is 2. The van der Waals surface area contributed by atoms with Gasteiger partial charge in [-0.2, -0.15) is 0 Å². The molecule has 0 radical (unpaired) electrons. The van der Waals surface area contributed by atoms with Crippen molar-refractivity contribution in [3.63, 3.8) is 0 Å². The first-order valence-corrected chi connectivity index (χ1v) is 7.26. The molecule has 0 saturated carbocycles. The van der Waals surface area contributed by atoms with Crippen LogP contribution < -0.4 is 0 Å². The van der Waals surface area contributed by atoms with Crippen LogP contribution in [0.5, 0.6) is 0 Å². The van der Waals surface area contributed by atoms with Gasteiger partial charge < -0.3 is 10.0 Å². The fourth-order valence-corrected chi connectivity index (χ4v) is 2.92. The van der Waals surface area contributed by atoms with E-state index in [-0.39, 0.29) is 18.5 Å². The number of carbonyl (C=O) groups excluding carboxylic acids is 1. The molecular weight excluding hydrogens is 326 g/mol. The van der Waals surface area contributed by atoms with E-state index < -0.39 is 46.9 Å². The molecule has 2 aromatic rings. The van der Waals surface area contributed by atoms with Gasteiger partial charge in [0.25, 0.3) is 5.91 Å². The van der Waals surface area contributed by atoms with E-state index in [1.807, 2.05) is 0 Å². The van der Waals surface area contributed by atoms with Crippen molar-refractivity contribution in [2.24, 2.45) is 0 Å². The van der Waals surface area contributed by atoms with Gasteiger partial charge in [-0.1, -0.05) is 0 Å². The molecule has 24 heavy (non-hydrogen) atoms. The van der Waals surface area contributed by atoms with Crippen molar-refractivity contribution in [1.82, 2.24) is 4.90 Å². The summed E-state index contributed by atoms with van der Waals surface area (Å²) in [6.07, 6.45) is -0.999. The second-order valence-electron chi connectivity index (χ2n) is 5.65. The minimum Gasteiger partial charge on any atom is -0.391 e. The lowest BCUT2D eigenvalue weighted by Gasteiger charge is -2.25. The largest absolute Gasteiger partial charge is 0.391 e. The third kappa shape index (κ3) is 2.99. The van der Waals surface area contributed by atoms with Crippen molar-refractivity contribution in [3.8, 4) is 0 Å². The van der Waals surface area contributed by atoms with Gasteiger partial charge in [0.1, 0.15) is 23.3 Å². The van der Waals surface area contributed by atoms with Crippen LogP contribution in [0.2, 0.25) is 0 Å². The van der Waals surface area contributed by atoms with Crippen LogP contribution in [0.1, 0.15) is 28.4 Å². The predicted octanol–water partition coefficient (Wildman–Crippen LogP) is 3.19. The van der Waals surface area contributed by atoms with Gasteiger partial charge in [-0.3, -0.25) is 4.79 Å². The van der Waals surface area contributed by atoms with Crippen LogP contribution in [0.4, 0.5) is 17.6 Å². The molecule has 1 fully saturated rings. The first-order valence-electron chi connectivity index (χ1n) is 7.26. The van der Waals surface area contributed by atoms with Crippen molar-refractivity contribution in [2.45, 2.75) is 18.6 Å². The summed E-state index contributed by atoms with van der Waals surface area (Å²) in [4.78, 5) is 13.6. The molecule has 1 heterocycles. The molecule has 7 heteroatoms. The zero-order valence-corrected chi connectivity index (χ0v) is 12.3. The highest BCUT2D eigenvalue weighted by Crippen LogP contribution is 2.35. The fraction of sp³-hybridized carbons (Fsp3) is 0.235. The number of halogens is 4. The van der Waals surface area contributed by atoms with Crippen LogP contribution in [0.25, 0.3) is 0 Å². The van der Waals surface area contributed by atoms with Crippen molar-refractivity contribution in [2.75, 3.05) is 6.54 Å². The van der Waals surface area contributed by atoms with Gasteiger partial charge in [0.2, 0.25) is 0 Å². The molecule has 3 nitrogen and oxygen atoms in total. The lowest BCUT2D eigenvalue weighted by atomic mass is 10.0. The number of rotatable bonds is 2. The van der Waals surface area contributed by atoms with Crippen LogP contribution in [0.15, 0.2) is 36.4 Å². The average molecular weight is 339 g/mol. The molecule has 1 amide bonds. The minimum atomic E-state index is -0.974. The quantitative estimate of drug-likeness (QED) is 0.854. The van der Waals surface area contributed by atoms with Crippen molar-refractivity contribution in [3.05, 3.63) is 70.8 Å². The summed E-state index contributed by atoms with van der Waals surface area (Å²) >= 11 is 0. The predicted molar refractivity (Wildman–Crippen MR) is 77.1 cm³/mol. The lowest BCUT2D eigenvalue weighted by molar-refractivity contribution is 0.0708. The van der Waals surface area contributed by atoms with E-state index in [0.29, 0.717) is 0 Å². The summed E-state index contributed by atoms with van der Waals surface area (Å²) in [5, 5.41) is 9.83. The van der Waals surface area contributed by atoms with Crippen LogP contribution >= 0.6 is 0 Å². The number of carbonyl (C=O) groups is 1. The Labute approximate surface area is 135 Å². The monoisotopic (exact) mass is 339 g/mol. The molecule has 2 atom stereocenters. The zero-order chi connectivity index (χ0) is 17.4. The second kappa shape index (κ2) is 6.24. The molecule has 0 bridgehead atoms. The van der Waals surface area contributed by atoms with Crippen molar-refractivity contribution in [1.29, 1.82) is 0 Å². The van der Waals surface area contributed by atoms with E-state index in [0.717, 1.165) is 41.3 Å². The van der Waals surface area contributed by atoms with E-state index in [4.69, 9.17) is 0 Å². The minimum absolute atomic E-state index is 0.0248. The van der Waals surface area contributed by atoms with E-state index in [1.54, 1.807) is 0 Å². The van der Waals surface area contributed by atoms with Crippen molar-refractivity contribution < 1.29 is 27.5 Å². The van der Waals surface area contributed by atoms with E-state index >= 15 is 0 Å². The number of likely N-dealkylation sites (tertiary alicyclic amines) is 1. The van der Waals surface area contributed by atoms with Gasteiger partial charge in [-0.15, -0.1) is 0 Å². The summed E-state index contributed by atoms with van der Waals surface area (Å²) in [5.41, 5.74) is -0.636. The average Bonchev–Trinajstić information content (AvgIpc) is 2.93. The Bertz CT molecular complexity index is 796. The maximum atomic E-state index is 14.0. The van der Waals surface area contributed by atoms with Gasteiger partial charge in [-0.25, -0.2) is 17.6 Å². The van der Waals surface area contributed by atoms with Crippen molar-refractivity contribution >= 4 is 5.91 Å². The Morgan fingerprint density at radius 3 is 2.33 bits per heavy atom. The van der Waals surface area contributed by atoms with Gasteiger partial charge in [0.05, 0.1) is 17.7 Å². The molecule has 126 valence electrons. The summed E-state index contributed by atoms with van der Waals surface area (Å²) < 4.78 is 54.6. The smallest absolute Gasteiger partial charge is 0.257 e. The van der Waals surface area contributed by atoms with Gasteiger partial charge in [0.15, 0.2) is 0 Å². The maximum Gasteiger partial charge on any atom is 0.257 e. The fourth-order valence-electron chi connectivity index (χ4n) is 2.92. The molecule has 1 aliphatic rings. The van der Waals surface area contributed by atoms with E-state index in [2.05, 4.69) is 0 Å². The molecule has 1 saturated heterocycles. The van der Waals surface area contributed by atoms with Gasteiger partial charge in [0, 0.05) is 12.1 Å². The molecule has 2 unspecified atom stereocenters. The van der Waals surface area contributed by atoms with E-state index in [9.17, 15) is 27.5 Å². The van der Waals surface area contributed by atoms with Crippen LogP contribution in [-0.2, 0) is 0 Å². The highest BCUT2D eigenvalue weighted by atomic mass is 19.1. The lowest BCUT2D eigenvalue weighted by Crippen LogP contribution is -2.32. The molecule has 0 spiro atoms. The molecule has 0 aliphatic carbocycles. The Hall–Kier alpha value is -2.41. The summed E-state index contributed by atoms with van der Waals surface area (Å²) in [6.45, 7) is -0.185. The van der Waals surface area contributed by atoms with Crippen LogP contribution in [0, 0.1) is 23.3 Å². The van der Waals surface area contributed by atoms with Gasteiger partial charge in [-0.05, 0) is 42.8 Å². The Morgan fingerprint density at radius 1 is 1.00 bits per heavy atom. The molecule has 1 N–H and O–H groups in total. The van der Waals surface area contributed by atoms with Crippen LogP contribution in [-0.4, -0.2) is 28.6 Å². The summed E-state index contributed by atoms with van der Waals surface area (Å²) in [5.74, 6) is -4.06.